The second-order valence-electron chi connectivity index (χ2n) is 3.89. The van der Waals surface area contributed by atoms with Gasteiger partial charge in [0.25, 0.3) is 0 Å². The van der Waals surface area contributed by atoms with Crippen LogP contribution in [0, 0.1) is 29.6 Å². The molecule has 0 amide bonds. The van der Waals surface area contributed by atoms with E-state index >= 15 is 0 Å². The average molecular weight is 473 g/mol. The molecule has 21 heavy (non-hydrogen) atoms. The fourth-order valence-electron chi connectivity index (χ4n) is 1.27. The van der Waals surface area contributed by atoms with Crippen molar-refractivity contribution >= 4 is 47.8 Å². The minimum Gasteiger partial charge on any atom is -0.248 e. The minimum atomic E-state index is 0.571. The van der Waals surface area contributed by atoms with Gasteiger partial charge >= 0.3 is 0 Å². The van der Waals surface area contributed by atoms with Crippen LogP contribution in [0.5, 0.6) is 0 Å². The Kier molecular flexibility index (Phi) is 7.52. The van der Waals surface area contributed by atoms with Crippen LogP contribution in [0.4, 0.5) is 0 Å². The highest BCUT2D eigenvalue weighted by Gasteiger charge is 2.00. The zero-order valence-electron chi connectivity index (χ0n) is 10.9. The summed E-state index contributed by atoms with van der Waals surface area (Å²) < 4.78 is 1.21. The van der Waals surface area contributed by atoms with Crippen LogP contribution in [0.1, 0.15) is 22.3 Å². The summed E-state index contributed by atoms with van der Waals surface area (Å²) >= 11 is 9.61. The molecule has 2 rings (SSSR count). The molecule has 0 aliphatic heterocycles. The summed E-state index contributed by atoms with van der Waals surface area (Å²) in [6, 6.07) is 7.65. The maximum atomic E-state index is 8.60. The maximum Gasteiger partial charge on any atom is 0.123 e. The van der Waals surface area contributed by atoms with Gasteiger partial charge in [-0.3, -0.25) is 0 Å². The van der Waals surface area contributed by atoms with Crippen molar-refractivity contribution in [2.75, 3.05) is 0 Å². The number of nitrogens with zero attached hydrogens (tertiary/aromatic N) is 4. The van der Waals surface area contributed by atoms with E-state index in [4.69, 9.17) is 10.5 Å². The summed E-state index contributed by atoms with van der Waals surface area (Å²) in [4.78, 5) is 7.93. The Balaban J connectivity index is 0.000000211. The van der Waals surface area contributed by atoms with E-state index in [0.717, 1.165) is 16.5 Å². The molecule has 0 aliphatic carbocycles. The lowest BCUT2D eigenvalue weighted by Crippen LogP contribution is -1.86. The summed E-state index contributed by atoms with van der Waals surface area (Å²) in [5.74, 6) is 0. The zero-order chi connectivity index (χ0) is 15.8. The van der Waals surface area contributed by atoms with Crippen LogP contribution in [0.3, 0.4) is 0 Å². The van der Waals surface area contributed by atoms with Crippen molar-refractivity contribution in [2.45, 2.75) is 12.3 Å². The largest absolute Gasteiger partial charge is 0.248 e. The molecule has 0 atom stereocenters. The fourth-order valence-corrected chi connectivity index (χ4v) is 2.19. The molecule has 4 nitrogen and oxygen atoms in total. The molecule has 0 unspecified atom stereocenters. The van der Waals surface area contributed by atoms with Gasteiger partial charge < -0.3 is 0 Å². The van der Waals surface area contributed by atoms with E-state index in [0.29, 0.717) is 20.3 Å². The van der Waals surface area contributed by atoms with Crippen molar-refractivity contribution < 1.29 is 0 Å². The van der Waals surface area contributed by atoms with Crippen molar-refractivity contribution in [3.8, 4) is 12.1 Å². The third-order valence-corrected chi connectivity index (χ3v) is 4.18. The molecular formula is C14H9Br3N4. The first kappa shape index (κ1) is 17.8. The van der Waals surface area contributed by atoms with Gasteiger partial charge in [0.15, 0.2) is 0 Å². The Labute approximate surface area is 148 Å². The predicted molar refractivity (Wildman–Crippen MR) is 90.7 cm³/mol. The number of nitriles is 2. The van der Waals surface area contributed by atoms with Crippen molar-refractivity contribution in [2.24, 2.45) is 0 Å². The highest BCUT2D eigenvalue weighted by Crippen LogP contribution is 2.15. The molecule has 0 radical (unpaired) electrons. The molecule has 0 fully saturated rings. The van der Waals surface area contributed by atoms with E-state index in [1.165, 1.54) is 0 Å². The van der Waals surface area contributed by atoms with Gasteiger partial charge in [-0.25, -0.2) is 9.97 Å². The average Bonchev–Trinajstić information content (AvgIpc) is 2.51. The van der Waals surface area contributed by atoms with Crippen LogP contribution in [-0.4, -0.2) is 9.97 Å². The van der Waals surface area contributed by atoms with Crippen LogP contribution < -0.4 is 0 Å². The van der Waals surface area contributed by atoms with Gasteiger partial charge in [0, 0.05) is 17.7 Å². The topological polar surface area (TPSA) is 73.4 Å². The van der Waals surface area contributed by atoms with Gasteiger partial charge in [-0.2, -0.15) is 10.5 Å². The number of alkyl halides is 1. The van der Waals surface area contributed by atoms with Crippen molar-refractivity contribution in [1.29, 1.82) is 10.5 Å². The Hall–Kier alpha value is -1.28. The fraction of sp³-hybridized carbons (Fsp3) is 0.143. The molecule has 0 aliphatic rings. The van der Waals surface area contributed by atoms with Crippen LogP contribution in [-0.2, 0) is 5.33 Å². The maximum absolute atomic E-state index is 8.60. The van der Waals surface area contributed by atoms with E-state index < -0.39 is 0 Å². The first-order valence-electron chi connectivity index (χ1n) is 5.64. The summed E-state index contributed by atoms with van der Waals surface area (Å²) in [7, 11) is 0. The first-order valence-corrected chi connectivity index (χ1v) is 8.35. The molecule has 106 valence electrons. The molecule has 0 N–H and O–H groups in total. The Morgan fingerprint density at radius 3 is 2.00 bits per heavy atom. The molecule has 0 spiro atoms. The third-order valence-electron chi connectivity index (χ3n) is 2.27. The highest BCUT2D eigenvalue weighted by molar-refractivity contribution is 9.10. The first-order chi connectivity index (χ1) is 10.0. The molecule has 7 heteroatoms. The Bertz CT molecular complexity index is 717. The molecule has 0 bridgehead atoms. The molecule has 0 saturated heterocycles. The quantitative estimate of drug-likeness (QED) is 0.448. The number of aryl methyl sites for hydroxylation is 1. The number of halogens is 3. The van der Waals surface area contributed by atoms with E-state index in [1.807, 2.05) is 19.1 Å². The van der Waals surface area contributed by atoms with E-state index in [-0.39, 0.29) is 0 Å². The Morgan fingerprint density at radius 2 is 1.52 bits per heavy atom. The molecule has 0 aromatic carbocycles. The normalized spacial score (nSPS) is 9.05. The standard InChI is InChI=1S/C7H4Br2N2.C7H5BrN2/c8-2-5-1-6(3-10)7(9)11-4-5;1-5-2-6(3-9)7(8)10-4-5/h1,4H,2H2;2,4H,1H3. The SMILES string of the molecule is Cc1cnc(Br)c(C#N)c1.N#Cc1cc(CBr)cnc1Br. The lowest BCUT2D eigenvalue weighted by atomic mass is 10.2. The molecule has 2 aromatic rings. The minimum absolute atomic E-state index is 0.571. The van der Waals surface area contributed by atoms with E-state index in [9.17, 15) is 0 Å². The second-order valence-corrected chi connectivity index (χ2v) is 5.95. The van der Waals surface area contributed by atoms with Crippen molar-refractivity contribution in [3.05, 3.63) is 56.0 Å². The number of rotatable bonds is 1. The molecule has 2 heterocycles. The third kappa shape index (κ3) is 5.55. The van der Waals surface area contributed by atoms with Gasteiger partial charge in [0.2, 0.25) is 0 Å². The molecule has 2 aromatic heterocycles. The van der Waals surface area contributed by atoms with Crippen LogP contribution in [0.2, 0.25) is 0 Å². The number of pyridine rings is 2. The van der Waals surface area contributed by atoms with Gasteiger partial charge in [-0.1, -0.05) is 15.9 Å². The van der Waals surface area contributed by atoms with Crippen molar-refractivity contribution in [3.63, 3.8) is 0 Å². The zero-order valence-corrected chi connectivity index (χ0v) is 15.7. The Morgan fingerprint density at radius 1 is 1.00 bits per heavy atom. The second kappa shape index (κ2) is 8.89. The number of aromatic nitrogens is 2. The van der Waals surface area contributed by atoms with E-state index in [2.05, 4.69) is 57.8 Å². The lowest BCUT2D eigenvalue weighted by Gasteiger charge is -1.96. The lowest BCUT2D eigenvalue weighted by molar-refractivity contribution is 1.20. The van der Waals surface area contributed by atoms with Crippen LogP contribution in [0.25, 0.3) is 0 Å². The summed E-state index contributed by atoms with van der Waals surface area (Å²) in [5.41, 5.74) is 3.16. The smallest absolute Gasteiger partial charge is 0.123 e. The van der Waals surface area contributed by atoms with Gasteiger partial charge in [0.05, 0.1) is 11.1 Å². The highest BCUT2D eigenvalue weighted by atomic mass is 79.9. The predicted octanol–water partition coefficient (Wildman–Crippen LogP) is 4.63. The molecular weight excluding hydrogens is 464 g/mol. The van der Waals surface area contributed by atoms with Gasteiger partial charge in [0.1, 0.15) is 21.3 Å². The molecule has 0 saturated carbocycles. The number of hydrogen-bond acceptors (Lipinski definition) is 4. The number of hydrogen-bond donors (Lipinski definition) is 0. The summed E-state index contributed by atoms with van der Waals surface area (Å²) in [6.45, 7) is 1.90. The van der Waals surface area contributed by atoms with Crippen LogP contribution in [0.15, 0.2) is 33.7 Å². The van der Waals surface area contributed by atoms with Gasteiger partial charge in [-0.15, -0.1) is 0 Å². The van der Waals surface area contributed by atoms with Crippen molar-refractivity contribution in [1.82, 2.24) is 9.97 Å². The summed E-state index contributed by atoms with van der Waals surface area (Å²) in [5, 5.41) is 17.9. The van der Waals surface area contributed by atoms with Crippen LogP contribution >= 0.6 is 47.8 Å². The van der Waals surface area contributed by atoms with Gasteiger partial charge in [-0.05, 0) is 62.0 Å². The monoisotopic (exact) mass is 470 g/mol. The van der Waals surface area contributed by atoms with E-state index in [1.54, 1.807) is 24.5 Å². The summed E-state index contributed by atoms with van der Waals surface area (Å²) in [6.07, 6.45) is 3.44.